The number of aryl methyl sites for hydroxylation is 2. The minimum atomic E-state index is 0.271. The molecule has 1 N–H and O–H groups in total. The zero-order valence-electron chi connectivity index (χ0n) is 11.4. The Morgan fingerprint density at radius 2 is 2.05 bits per heavy atom. The second-order valence-electron chi connectivity index (χ2n) is 4.47. The standard InChI is InChI=1S/C14H18BrN3S/c1-10-4-6-11(7-5-10)19-9-13(16-2)14-12(15)8-17-18(14)3/h4-8,13,16H,9H2,1-3H3. The third-order valence-corrected chi connectivity index (χ3v) is 4.77. The lowest BCUT2D eigenvalue weighted by molar-refractivity contribution is 0.583. The minimum absolute atomic E-state index is 0.271. The quantitative estimate of drug-likeness (QED) is 0.845. The van der Waals surface area contributed by atoms with E-state index in [2.05, 4.69) is 57.5 Å². The summed E-state index contributed by atoms with van der Waals surface area (Å²) in [5, 5.41) is 7.63. The normalized spacial score (nSPS) is 12.6. The lowest BCUT2D eigenvalue weighted by atomic mass is 10.2. The maximum Gasteiger partial charge on any atom is 0.0700 e. The van der Waals surface area contributed by atoms with Gasteiger partial charge in [0.15, 0.2) is 0 Å². The van der Waals surface area contributed by atoms with Gasteiger partial charge in [0.25, 0.3) is 0 Å². The molecule has 0 aliphatic heterocycles. The van der Waals surface area contributed by atoms with Gasteiger partial charge in [-0.15, -0.1) is 11.8 Å². The SMILES string of the molecule is CNC(CSc1ccc(C)cc1)c1c(Br)cnn1C. The van der Waals surface area contributed by atoms with Gasteiger partial charge in [0.2, 0.25) is 0 Å². The predicted molar refractivity (Wildman–Crippen MR) is 84.6 cm³/mol. The molecule has 0 radical (unpaired) electrons. The summed E-state index contributed by atoms with van der Waals surface area (Å²) in [5.41, 5.74) is 2.48. The highest BCUT2D eigenvalue weighted by Crippen LogP contribution is 2.28. The van der Waals surface area contributed by atoms with Crippen LogP contribution in [0.5, 0.6) is 0 Å². The van der Waals surface area contributed by atoms with E-state index in [0.29, 0.717) is 0 Å². The Bertz CT molecular complexity index is 517. The monoisotopic (exact) mass is 339 g/mol. The number of rotatable bonds is 5. The molecule has 0 bridgehead atoms. The molecule has 3 nitrogen and oxygen atoms in total. The summed E-state index contributed by atoms with van der Waals surface area (Å²) >= 11 is 5.41. The van der Waals surface area contributed by atoms with Gasteiger partial charge in [-0.05, 0) is 42.0 Å². The second-order valence-corrected chi connectivity index (χ2v) is 6.41. The summed E-state index contributed by atoms with van der Waals surface area (Å²) in [5.74, 6) is 0.970. The van der Waals surface area contributed by atoms with Crippen LogP contribution in [0.3, 0.4) is 0 Å². The zero-order valence-corrected chi connectivity index (χ0v) is 13.8. The third-order valence-electron chi connectivity index (χ3n) is 3.05. The zero-order chi connectivity index (χ0) is 13.8. The average molecular weight is 340 g/mol. The van der Waals surface area contributed by atoms with Crippen molar-refractivity contribution in [1.29, 1.82) is 0 Å². The van der Waals surface area contributed by atoms with Crippen LogP contribution in [0.2, 0.25) is 0 Å². The predicted octanol–water partition coefficient (Wildman–Crippen LogP) is 3.54. The molecule has 0 fully saturated rings. The van der Waals surface area contributed by atoms with Crippen LogP contribution in [-0.2, 0) is 7.05 Å². The van der Waals surface area contributed by atoms with E-state index >= 15 is 0 Å². The number of nitrogens with one attached hydrogen (secondary N) is 1. The number of benzene rings is 1. The summed E-state index contributed by atoms with van der Waals surface area (Å²) in [4.78, 5) is 1.30. The van der Waals surface area contributed by atoms with E-state index in [-0.39, 0.29) is 6.04 Å². The Labute approximate surface area is 126 Å². The Morgan fingerprint density at radius 1 is 1.37 bits per heavy atom. The van der Waals surface area contributed by atoms with Gasteiger partial charge in [0, 0.05) is 17.7 Å². The van der Waals surface area contributed by atoms with Crippen LogP contribution in [0.15, 0.2) is 39.8 Å². The van der Waals surface area contributed by atoms with Gasteiger partial charge in [-0.3, -0.25) is 4.68 Å². The first-order chi connectivity index (χ1) is 9.11. The number of aromatic nitrogens is 2. The molecule has 2 rings (SSSR count). The van der Waals surface area contributed by atoms with Gasteiger partial charge in [-0.2, -0.15) is 5.10 Å². The molecular formula is C14H18BrN3S. The summed E-state index contributed by atoms with van der Waals surface area (Å²) in [6.45, 7) is 2.11. The maximum atomic E-state index is 4.27. The first-order valence-corrected chi connectivity index (χ1v) is 7.94. The van der Waals surface area contributed by atoms with Crippen molar-refractivity contribution < 1.29 is 0 Å². The number of nitrogens with zero attached hydrogens (tertiary/aromatic N) is 2. The fraction of sp³-hybridized carbons (Fsp3) is 0.357. The van der Waals surface area contributed by atoms with Crippen LogP contribution < -0.4 is 5.32 Å². The Morgan fingerprint density at radius 3 is 2.58 bits per heavy atom. The van der Waals surface area contributed by atoms with Gasteiger partial charge >= 0.3 is 0 Å². The average Bonchev–Trinajstić information content (AvgIpc) is 2.73. The minimum Gasteiger partial charge on any atom is -0.311 e. The van der Waals surface area contributed by atoms with E-state index in [1.807, 2.05) is 36.7 Å². The van der Waals surface area contributed by atoms with Gasteiger partial charge in [0.05, 0.1) is 22.4 Å². The maximum absolute atomic E-state index is 4.27. The van der Waals surface area contributed by atoms with Crippen LogP contribution in [0, 0.1) is 6.92 Å². The number of hydrogen-bond donors (Lipinski definition) is 1. The Kier molecular flexibility index (Phi) is 5.07. The van der Waals surface area contributed by atoms with Gasteiger partial charge in [-0.25, -0.2) is 0 Å². The third kappa shape index (κ3) is 3.61. The molecule has 19 heavy (non-hydrogen) atoms. The number of thioether (sulfide) groups is 1. The van der Waals surface area contributed by atoms with Gasteiger partial charge < -0.3 is 5.32 Å². The van der Waals surface area contributed by atoms with E-state index in [4.69, 9.17) is 0 Å². The van der Waals surface area contributed by atoms with Crippen molar-refractivity contribution in [2.45, 2.75) is 17.9 Å². The molecule has 0 saturated carbocycles. The molecule has 1 aromatic heterocycles. The summed E-state index contributed by atoms with van der Waals surface area (Å²) in [6.07, 6.45) is 1.84. The van der Waals surface area contributed by atoms with Gasteiger partial charge in [-0.1, -0.05) is 17.7 Å². The summed E-state index contributed by atoms with van der Waals surface area (Å²) in [6, 6.07) is 8.91. The fourth-order valence-electron chi connectivity index (χ4n) is 1.93. The molecule has 1 aromatic carbocycles. The second kappa shape index (κ2) is 6.59. The van der Waals surface area contributed by atoms with E-state index in [0.717, 1.165) is 10.2 Å². The molecule has 1 atom stereocenters. The van der Waals surface area contributed by atoms with E-state index in [1.165, 1.54) is 16.2 Å². The van der Waals surface area contributed by atoms with Crippen molar-refractivity contribution in [1.82, 2.24) is 15.1 Å². The number of hydrogen-bond acceptors (Lipinski definition) is 3. The number of halogens is 1. The van der Waals surface area contributed by atoms with Crippen LogP contribution >= 0.6 is 27.7 Å². The van der Waals surface area contributed by atoms with Crippen molar-refractivity contribution >= 4 is 27.7 Å². The highest BCUT2D eigenvalue weighted by Gasteiger charge is 2.17. The Hall–Kier alpha value is -0.780. The topological polar surface area (TPSA) is 29.9 Å². The lowest BCUT2D eigenvalue weighted by Crippen LogP contribution is -2.22. The van der Waals surface area contributed by atoms with Crippen molar-refractivity contribution in [2.75, 3.05) is 12.8 Å². The lowest BCUT2D eigenvalue weighted by Gasteiger charge is -2.17. The fourth-order valence-corrected chi connectivity index (χ4v) is 3.56. The highest BCUT2D eigenvalue weighted by atomic mass is 79.9. The largest absolute Gasteiger partial charge is 0.311 e. The smallest absolute Gasteiger partial charge is 0.0700 e. The van der Waals surface area contributed by atoms with Crippen LogP contribution in [0.4, 0.5) is 0 Å². The summed E-state index contributed by atoms with van der Waals surface area (Å²) in [7, 11) is 3.96. The Balaban J connectivity index is 2.06. The van der Waals surface area contributed by atoms with Crippen LogP contribution in [0.25, 0.3) is 0 Å². The molecular weight excluding hydrogens is 322 g/mol. The molecule has 5 heteroatoms. The highest BCUT2D eigenvalue weighted by molar-refractivity contribution is 9.10. The molecule has 102 valence electrons. The molecule has 1 heterocycles. The van der Waals surface area contributed by atoms with E-state index in [9.17, 15) is 0 Å². The molecule has 0 amide bonds. The van der Waals surface area contributed by atoms with Crippen molar-refractivity contribution in [3.05, 3.63) is 46.2 Å². The van der Waals surface area contributed by atoms with Crippen molar-refractivity contribution in [3.8, 4) is 0 Å². The first-order valence-electron chi connectivity index (χ1n) is 6.16. The van der Waals surface area contributed by atoms with Gasteiger partial charge in [0.1, 0.15) is 0 Å². The van der Waals surface area contributed by atoms with Crippen LogP contribution in [-0.4, -0.2) is 22.6 Å². The molecule has 2 aromatic rings. The van der Waals surface area contributed by atoms with Crippen LogP contribution in [0.1, 0.15) is 17.3 Å². The molecule has 0 aliphatic carbocycles. The molecule has 0 spiro atoms. The molecule has 1 unspecified atom stereocenters. The van der Waals surface area contributed by atoms with Crippen molar-refractivity contribution in [2.24, 2.45) is 7.05 Å². The van der Waals surface area contributed by atoms with Crippen molar-refractivity contribution in [3.63, 3.8) is 0 Å². The van der Waals surface area contributed by atoms with E-state index < -0.39 is 0 Å². The summed E-state index contributed by atoms with van der Waals surface area (Å²) < 4.78 is 2.97. The molecule has 0 saturated heterocycles. The first kappa shape index (κ1) is 14.6. The van der Waals surface area contributed by atoms with E-state index in [1.54, 1.807) is 0 Å². The molecule has 0 aliphatic rings.